The molecule has 0 saturated carbocycles. The third kappa shape index (κ3) is 4.49. The van der Waals surface area contributed by atoms with Crippen LogP contribution >= 0.6 is 0 Å². The summed E-state index contributed by atoms with van der Waals surface area (Å²) in [6, 6.07) is 7.16. The number of aromatic hydroxyl groups is 3. The number of fused-ring (bicyclic) bond motifs is 1. The Morgan fingerprint density at radius 3 is 2.25 bits per heavy atom. The molecule has 0 amide bonds. The zero-order valence-corrected chi connectivity index (χ0v) is 18.4. The third-order valence-corrected chi connectivity index (χ3v) is 5.37. The van der Waals surface area contributed by atoms with Gasteiger partial charge in [0.2, 0.25) is 17.5 Å². The predicted octanol–water partition coefficient (Wildman–Crippen LogP) is 0.419. The summed E-state index contributed by atoms with van der Waals surface area (Å²) >= 11 is 0. The molecule has 1 aliphatic heterocycles. The molecule has 1 fully saturated rings. The van der Waals surface area contributed by atoms with Gasteiger partial charge >= 0.3 is 11.9 Å². The molecule has 2 heterocycles. The number of phenolic OH excluding ortho intramolecular Hbond substituents is 3. The number of phenols is 3. The van der Waals surface area contributed by atoms with Crippen molar-refractivity contribution >= 4 is 22.9 Å². The SMILES string of the molecule is CC(=O)O[C@@H]1[C@@H](O)[C@H](Oc2c(-c3ccc(O)cc3)oc3cc(O)cc(O)c3c2=O)O[C@H](C(=O)O)[C@H]1O. The lowest BCUT2D eigenvalue weighted by Crippen LogP contribution is -2.62. The molecule has 4 rings (SSSR count). The van der Waals surface area contributed by atoms with Gasteiger partial charge in [0.1, 0.15) is 34.3 Å². The van der Waals surface area contributed by atoms with Gasteiger partial charge in [-0.1, -0.05) is 0 Å². The molecule has 1 aliphatic rings. The number of ether oxygens (including phenoxy) is 3. The van der Waals surface area contributed by atoms with Gasteiger partial charge in [-0.3, -0.25) is 9.59 Å². The van der Waals surface area contributed by atoms with E-state index in [-0.39, 0.29) is 22.7 Å². The third-order valence-electron chi connectivity index (χ3n) is 5.37. The molecule has 0 bridgehead atoms. The van der Waals surface area contributed by atoms with Gasteiger partial charge in [0.25, 0.3) is 0 Å². The molecule has 6 N–H and O–H groups in total. The number of carbonyl (C=O) groups excluding carboxylic acids is 1. The molecule has 3 aromatic rings. The molecule has 13 nitrogen and oxygen atoms in total. The lowest BCUT2D eigenvalue weighted by atomic mass is 9.98. The van der Waals surface area contributed by atoms with Crippen molar-refractivity contribution in [1.82, 2.24) is 0 Å². The smallest absolute Gasteiger partial charge is 0.335 e. The summed E-state index contributed by atoms with van der Waals surface area (Å²) < 4.78 is 21.3. The first kappa shape index (κ1) is 24.8. The number of hydrogen-bond donors (Lipinski definition) is 6. The molecule has 1 aromatic heterocycles. The first-order valence-corrected chi connectivity index (χ1v) is 10.4. The summed E-state index contributed by atoms with van der Waals surface area (Å²) in [6.45, 7) is 0.972. The van der Waals surface area contributed by atoms with E-state index in [4.69, 9.17) is 18.6 Å². The Morgan fingerprint density at radius 1 is 0.972 bits per heavy atom. The number of carboxylic acid groups (broad SMARTS) is 1. The molecule has 0 spiro atoms. The average molecular weight is 504 g/mol. The standard InChI is InChI=1S/C23H20O13/c1-8(24)33-19-16(29)21(22(31)32)36-23(17(19)30)35-20-15(28)14-12(27)6-11(26)7-13(14)34-18(20)9-2-4-10(25)5-3-9/h2-7,16-17,19,21,23,25-27,29-30H,1H3,(H,31,32)/t16-,17+,19-,21-,23+/m0/s1. The van der Waals surface area contributed by atoms with Crippen LogP contribution in [0.2, 0.25) is 0 Å². The number of rotatable bonds is 5. The van der Waals surface area contributed by atoms with E-state index < -0.39 is 70.7 Å². The number of hydrogen-bond acceptors (Lipinski definition) is 12. The fraction of sp³-hybridized carbons (Fsp3) is 0.261. The van der Waals surface area contributed by atoms with Crippen molar-refractivity contribution in [3.63, 3.8) is 0 Å². The first-order chi connectivity index (χ1) is 17.0. The van der Waals surface area contributed by atoms with Gasteiger partial charge in [0.15, 0.2) is 24.1 Å². The number of aliphatic hydroxyl groups is 2. The van der Waals surface area contributed by atoms with Gasteiger partial charge in [-0.2, -0.15) is 0 Å². The maximum Gasteiger partial charge on any atom is 0.335 e. The molecule has 36 heavy (non-hydrogen) atoms. The van der Waals surface area contributed by atoms with E-state index in [2.05, 4.69) is 0 Å². The van der Waals surface area contributed by atoms with Crippen molar-refractivity contribution in [2.75, 3.05) is 0 Å². The Kier molecular flexibility index (Phi) is 6.45. The number of aliphatic carboxylic acids is 1. The highest BCUT2D eigenvalue weighted by Crippen LogP contribution is 2.37. The summed E-state index contributed by atoms with van der Waals surface area (Å²) in [4.78, 5) is 36.5. The molecule has 13 heteroatoms. The fourth-order valence-corrected chi connectivity index (χ4v) is 3.76. The second-order valence-corrected chi connectivity index (χ2v) is 7.91. The van der Waals surface area contributed by atoms with Crippen LogP contribution in [0.5, 0.6) is 23.0 Å². The lowest BCUT2D eigenvalue weighted by molar-refractivity contribution is -0.275. The van der Waals surface area contributed by atoms with Crippen molar-refractivity contribution in [1.29, 1.82) is 0 Å². The van der Waals surface area contributed by atoms with Crippen LogP contribution in [0.3, 0.4) is 0 Å². The molecule has 5 atom stereocenters. The number of carbonyl (C=O) groups is 2. The van der Waals surface area contributed by atoms with Gasteiger partial charge in [-0.25, -0.2) is 4.79 Å². The lowest BCUT2D eigenvalue weighted by Gasteiger charge is -2.40. The van der Waals surface area contributed by atoms with Crippen LogP contribution in [0.4, 0.5) is 0 Å². The molecule has 0 radical (unpaired) electrons. The van der Waals surface area contributed by atoms with Crippen LogP contribution in [0, 0.1) is 0 Å². The quantitative estimate of drug-likeness (QED) is 0.260. The highest BCUT2D eigenvalue weighted by molar-refractivity contribution is 5.88. The second-order valence-electron chi connectivity index (χ2n) is 7.91. The number of carboxylic acids is 1. The van der Waals surface area contributed by atoms with Crippen molar-refractivity contribution in [3.05, 3.63) is 46.6 Å². The molecule has 2 aromatic carbocycles. The number of aliphatic hydroxyl groups excluding tert-OH is 2. The van der Waals surface area contributed by atoms with Gasteiger partial charge in [0, 0.05) is 24.6 Å². The Balaban J connectivity index is 1.88. The average Bonchev–Trinajstić information content (AvgIpc) is 2.79. The minimum absolute atomic E-state index is 0.117. The van der Waals surface area contributed by atoms with E-state index in [9.17, 15) is 45.0 Å². The summed E-state index contributed by atoms with van der Waals surface area (Å²) in [6.07, 6.45) is -9.71. The van der Waals surface area contributed by atoms with Crippen LogP contribution in [0.15, 0.2) is 45.6 Å². The van der Waals surface area contributed by atoms with Crippen LogP contribution < -0.4 is 10.2 Å². The van der Waals surface area contributed by atoms with Crippen molar-refractivity contribution in [2.45, 2.75) is 37.6 Å². The van der Waals surface area contributed by atoms with E-state index in [0.717, 1.165) is 19.1 Å². The van der Waals surface area contributed by atoms with Gasteiger partial charge in [-0.05, 0) is 24.3 Å². The Hall–Kier alpha value is -4.33. The monoisotopic (exact) mass is 504 g/mol. The zero-order valence-electron chi connectivity index (χ0n) is 18.4. The summed E-state index contributed by atoms with van der Waals surface area (Å²) in [7, 11) is 0. The highest BCUT2D eigenvalue weighted by atomic mass is 16.7. The zero-order chi connectivity index (χ0) is 26.3. The molecular formula is C23H20O13. The largest absolute Gasteiger partial charge is 0.508 e. The Morgan fingerprint density at radius 2 is 1.64 bits per heavy atom. The number of benzene rings is 2. The van der Waals surface area contributed by atoms with Crippen molar-refractivity contribution < 1.29 is 58.9 Å². The van der Waals surface area contributed by atoms with Gasteiger partial charge in [-0.15, -0.1) is 0 Å². The van der Waals surface area contributed by atoms with Crippen LogP contribution in [0.1, 0.15) is 6.92 Å². The minimum atomic E-state index is -2.02. The maximum absolute atomic E-state index is 13.4. The molecule has 190 valence electrons. The topological polar surface area (TPSA) is 213 Å². The van der Waals surface area contributed by atoms with E-state index >= 15 is 0 Å². The minimum Gasteiger partial charge on any atom is -0.508 e. The van der Waals surface area contributed by atoms with E-state index in [1.54, 1.807) is 0 Å². The van der Waals surface area contributed by atoms with Crippen LogP contribution in [0.25, 0.3) is 22.3 Å². The van der Waals surface area contributed by atoms with E-state index in [1.165, 1.54) is 24.3 Å². The molecule has 0 aliphatic carbocycles. The summed E-state index contributed by atoms with van der Waals surface area (Å²) in [5.41, 5.74) is -1.06. The first-order valence-electron chi connectivity index (χ1n) is 10.4. The van der Waals surface area contributed by atoms with Gasteiger partial charge in [0.05, 0.1) is 0 Å². The van der Waals surface area contributed by atoms with Crippen LogP contribution in [-0.4, -0.2) is 73.3 Å². The Bertz CT molecular complexity index is 1380. The number of esters is 1. The second kappa shape index (κ2) is 9.37. The normalized spacial score (nSPS) is 23.8. The van der Waals surface area contributed by atoms with E-state index in [1.807, 2.05) is 0 Å². The Labute approximate surface area is 200 Å². The van der Waals surface area contributed by atoms with E-state index in [0.29, 0.717) is 0 Å². The highest BCUT2D eigenvalue weighted by Gasteiger charge is 2.51. The summed E-state index contributed by atoms with van der Waals surface area (Å²) in [5.74, 6) is -4.76. The van der Waals surface area contributed by atoms with Gasteiger partial charge < -0.3 is 49.3 Å². The molecular weight excluding hydrogens is 484 g/mol. The predicted molar refractivity (Wildman–Crippen MR) is 117 cm³/mol. The van der Waals surface area contributed by atoms with Crippen LogP contribution in [-0.2, 0) is 19.1 Å². The summed E-state index contributed by atoms with van der Waals surface area (Å²) in [5, 5.41) is 59.6. The van der Waals surface area contributed by atoms with Crippen molar-refractivity contribution in [3.8, 4) is 34.3 Å². The maximum atomic E-state index is 13.4. The van der Waals surface area contributed by atoms with Crippen molar-refractivity contribution in [2.24, 2.45) is 0 Å². The molecule has 0 unspecified atom stereocenters. The fourth-order valence-electron chi connectivity index (χ4n) is 3.76. The molecule has 1 saturated heterocycles.